The van der Waals surface area contributed by atoms with Crippen LogP contribution in [0.25, 0.3) is 11.2 Å². The molecule has 102 valence electrons. The molecule has 4 atom stereocenters. The number of hydrogen-bond acceptors (Lipinski definition) is 6. The topological polar surface area (TPSA) is 99.1 Å². The standard InChI is InChI=1S/C10H11FIN5O2/c11-5-7(18)4(1-12)19-10(5)17-3-16-6-8(13)14-2-15-9(6)17/h2-5,7,10,18H,1H2,(H2,13,14,15)/t4-,5-,7-,10-/m1/s1. The molecule has 1 fully saturated rings. The minimum absolute atomic E-state index is 0.225. The van der Waals surface area contributed by atoms with E-state index in [1.54, 1.807) is 0 Å². The van der Waals surface area contributed by atoms with Crippen molar-refractivity contribution in [1.82, 2.24) is 19.5 Å². The predicted octanol–water partition coefficient (Wildman–Crippen LogP) is 0.440. The Kier molecular flexibility index (Phi) is 3.27. The summed E-state index contributed by atoms with van der Waals surface area (Å²) in [5.41, 5.74) is 6.46. The number of nitrogens with two attached hydrogens (primary N) is 1. The van der Waals surface area contributed by atoms with Crippen LogP contribution in [-0.2, 0) is 4.74 Å². The minimum Gasteiger partial charge on any atom is -0.387 e. The Morgan fingerprint density at radius 2 is 2.26 bits per heavy atom. The Labute approximate surface area is 121 Å². The predicted molar refractivity (Wildman–Crippen MR) is 73.4 cm³/mol. The van der Waals surface area contributed by atoms with E-state index < -0.39 is 24.6 Å². The van der Waals surface area contributed by atoms with Crippen LogP contribution < -0.4 is 5.73 Å². The van der Waals surface area contributed by atoms with Crippen LogP contribution in [0.1, 0.15) is 6.23 Å². The quantitative estimate of drug-likeness (QED) is 0.581. The zero-order valence-corrected chi connectivity index (χ0v) is 11.8. The van der Waals surface area contributed by atoms with E-state index in [4.69, 9.17) is 10.5 Å². The van der Waals surface area contributed by atoms with Gasteiger partial charge in [0, 0.05) is 4.43 Å². The minimum atomic E-state index is -1.53. The van der Waals surface area contributed by atoms with Crippen LogP contribution in [0.3, 0.4) is 0 Å². The molecule has 1 saturated heterocycles. The Hall–Kier alpha value is -1.07. The van der Waals surface area contributed by atoms with Gasteiger partial charge in [0.05, 0.1) is 12.4 Å². The zero-order chi connectivity index (χ0) is 13.6. The number of fused-ring (bicyclic) bond motifs is 1. The van der Waals surface area contributed by atoms with Gasteiger partial charge in [0.1, 0.15) is 17.9 Å². The number of aliphatic hydroxyl groups excluding tert-OH is 1. The fourth-order valence-corrected chi connectivity index (χ4v) is 2.84. The van der Waals surface area contributed by atoms with Gasteiger partial charge in [-0.25, -0.2) is 19.3 Å². The highest BCUT2D eigenvalue weighted by molar-refractivity contribution is 14.1. The first kappa shape index (κ1) is 12.9. The normalized spacial score (nSPS) is 31.1. The highest BCUT2D eigenvalue weighted by Crippen LogP contribution is 2.34. The van der Waals surface area contributed by atoms with Crippen molar-refractivity contribution in [3.8, 4) is 0 Å². The van der Waals surface area contributed by atoms with Crippen molar-refractivity contribution in [2.24, 2.45) is 0 Å². The number of ether oxygens (including phenoxy) is 1. The van der Waals surface area contributed by atoms with Gasteiger partial charge >= 0.3 is 0 Å². The van der Waals surface area contributed by atoms with Gasteiger partial charge in [0.2, 0.25) is 0 Å². The number of nitrogen functional groups attached to an aromatic ring is 1. The number of anilines is 1. The summed E-state index contributed by atoms with van der Waals surface area (Å²) < 4.78 is 21.6. The summed E-state index contributed by atoms with van der Waals surface area (Å²) in [6, 6.07) is 0. The van der Waals surface area contributed by atoms with Gasteiger partial charge in [-0.2, -0.15) is 0 Å². The van der Waals surface area contributed by atoms with E-state index in [9.17, 15) is 9.50 Å². The molecule has 1 aliphatic rings. The molecular formula is C10H11FIN5O2. The maximum atomic E-state index is 14.1. The molecule has 0 unspecified atom stereocenters. The molecule has 19 heavy (non-hydrogen) atoms. The van der Waals surface area contributed by atoms with Crippen LogP contribution in [0.2, 0.25) is 0 Å². The number of imidazole rings is 1. The molecule has 0 radical (unpaired) electrons. The van der Waals surface area contributed by atoms with Gasteiger partial charge in [-0.05, 0) is 0 Å². The fourth-order valence-electron chi connectivity index (χ4n) is 2.11. The van der Waals surface area contributed by atoms with Crippen molar-refractivity contribution in [3.63, 3.8) is 0 Å². The first-order valence-electron chi connectivity index (χ1n) is 5.60. The zero-order valence-electron chi connectivity index (χ0n) is 9.65. The maximum absolute atomic E-state index is 14.1. The van der Waals surface area contributed by atoms with Gasteiger partial charge in [-0.3, -0.25) is 4.57 Å². The van der Waals surface area contributed by atoms with Crippen LogP contribution >= 0.6 is 22.6 Å². The van der Waals surface area contributed by atoms with Crippen molar-refractivity contribution >= 4 is 39.6 Å². The Bertz CT molecular complexity index is 609. The number of halogens is 2. The molecule has 1 aliphatic heterocycles. The lowest BCUT2D eigenvalue weighted by atomic mass is 10.2. The number of rotatable bonds is 2. The average molecular weight is 379 g/mol. The number of hydrogen-bond donors (Lipinski definition) is 2. The molecule has 2 aromatic heterocycles. The van der Waals surface area contributed by atoms with Gasteiger partial charge in [-0.15, -0.1) is 0 Å². The van der Waals surface area contributed by atoms with E-state index in [1.807, 2.05) is 22.6 Å². The lowest BCUT2D eigenvalue weighted by Crippen LogP contribution is -2.29. The molecule has 0 amide bonds. The highest BCUT2D eigenvalue weighted by Gasteiger charge is 2.45. The second kappa shape index (κ2) is 4.80. The molecule has 0 aromatic carbocycles. The lowest BCUT2D eigenvalue weighted by Gasteiger charge is -2.14. The lowest BCUT2D eigenvalue weighted by molar-refractivity contribution is -0.0104. The van der Waals surface area contributed by atoms with Gasteiger partial charge in [0.25, 0.3) is 0 Å². The third-order valence-electron chi connectivity index (χ3n) is 3.11. The molecular weight excluding hydrogens is 368 g/mol. The third kappa shape index (κ3) is 1.96. The molecule has 9 heteroatoms. The summed E-state index contributed by atoms with van der Waals surface area (Å²) in [6.45, 7) is 0. The maximum Gasteiger partial charge on any atom is 0.173 e. The van der Waals surface area contributed by atoms with Gasteiger partial charge < -0.3 is 15.6 Å². The smallest absolute Gasteiger partial charge is 0.173 e. The average Bonchev–Trinajstić information content (AvgIpc) is 2.94. The van der Waals surface area contributed by atoms with E-state index in [0.717, 1.165) is 0 Å². The number of nitrogens with zero attached hydrogens (tertiary/aromatic N) is 4. The van der Waals surface area contributed by atoms with E-state index in [-0.39, 0.29) is 5.82 Å². The summed E-state index contributed by atoms with van der Waals surface area (Å²) in [7, 11) is 0. The second-order valence-corrected chi connectivity index (χ2v) is 5.12. The van der Waals surface area contributed by atoms with Crippen molar-refractivity contribution in [2.75, 3.05) is 10.2 Å². The van der Waals surface area contributed by atoms with Crippen LogP contribution in [-0.4, -0.2) is 47.4 Å². The first-order chi connectivity index (χ1) is 9.13. The number of alkyl halides is 2. The summed E-state index contributed by atoms with van der Waals surface area (Å²) >= 11 is 2.04. The van der Waals surface area contributed by atoms with Crippen LogP contribution in [0.5, 0.6) is 0 Å². The molecule has 2 aromatic rings. The molecule has 3 heterocycles. The van der Waals surface area contributed by atoms with Crippen molar-refractivity contribution in [2.45, 2.75) is 24.6 Å². The second-order valence-electron chi connectivity index (χ2n) is 4.24. The third-order valence-corrected chi connectivity index (χ3v) is 3.98. The molecule has 7 nitrogen and oxygen atoms in total. The molecule has 3 N–H and O–H groups in total. The summed E-state index contributed by atoms with van der Waals surface area (Å²) in [5.74, 6) is 0.225. The van der Waals surface area contributed by atoms with Gasteiger partial charge in [-0.1, -0.05) is 22.6 Å². The Balaban J connectivity index is 2.04. The van der Waals surface area contributed by atoms with Crippen LogP contribution in [0.15, 0.2) is 12.7 Å². The van der Waals surface area contributed by atoms with E-state index >= 15 is 0 Å². The number of aliphatic hydroxyl groups is 1. The van der Waals surface area contributed by atoms with Crippen molar-refractivity contribution < 1.29 is 14.2 Å². The molecule has 0 bridgehead atoms. The molecule has 0 aliphatic carbocycles. The molecule has 3 rings (SSSR count). The van der Waals surface area contributed by atoms with Crippen LogP contribution in [0, 0.1) is 0 Å². The number of aromatic nitrogens is 4. The van der Waals surface area contributed by atoms with Gasteiger partial charge in [0.15, 0.2) is 23.9 Å². The summed E-state index contributed by atoms with van der Waals surface area (Å²) in [6.07, 6.45) is -1.50. The summed E-state index contributed by atoms with van der Waals surface area (Å²) in [5, 5.41) is 9.76. The Morgan fingerprint density at radius 1 is 1.47 bits per heavy atom. The largest absolute Gasteiger partial charge is 0.387 e. The van der Waals surface area contributed by atoms with Crippen LogP contribution in [0.4, 0.5) is 10.2 Å². The molecule has 0 saturated carbocycles. The molecule has 0 spiro atoms. The summed E-state index contributed by atoms with van der Waals surface area (Å²) in [4.78, 5) is 11.9. The van der Waals surface area contributed by atoms with Crippen molar-refractivity contribution in [1.29, 1.82) is 0 Å². The highest BCUT2D eigenvalue weighted by atomic mass is 127. The van der Waals surface area contributed by atoms with E-state index in [1.165, 1.54) is 17.2 Å². The van der Waals surface area contributed by atoms with E-state index in [2.05, 4.69) is 15.0 Å². The fraction of sp³-hybridized carbons (Fsp3) is 0.500. The SMILES string of the molecule is Nc1ncnc2c1ncn2[C@@H]1O[C@H](CI)[C@@H](O)[C@H]1F. The van der Waals surface area contributed by atoms with E-state index in [0.29, 0.717) is 15.6 Å². The monoisotopic (exact) mass is 379 g/mol. The Morgan fingerprint density at radius 3 is 2.95 bits per heavy atom. The first-order valence-corrected chi connectivity index (χ1v) is 7.12. The van der Waals surface area contributed by atoms with Crippen molar-refractivity contribution in [3.05, 3.63) is 12.7 Å².